The number of thiazole rings is 1. The van der Waals surface area contributed by atoms with Crippen LogP contribution in [0.25, 0.3) is 10.6 Å². The average molecular weight is 367 g/mol. The maximum absolute atomic E-state index is 12.0. The summed E-state index contributed by atoms with van der Waals surface area (Å²) in [6.45, 7) is 4.62. The van der Waals surface area contributed by atoms with Gasteiger partial charge in [-0.2, -0.15) is 0 Å². The van der Waals surface area contributed by atoms with Gasteiger partial charge >= 0.3 is 0 Å². The van der Waals surface area contributed by atoms with Crippen molar-refractivity contribution in [1.82, 2.24) is 15.3 Å². The van der Waals surface area contributed by atoms with Crippen LogP contribution in [0.1, 0.15) is 31.0 Å². The summed E-state index contributed by atoms with van der Waals surface area (Å²) < 4.78 is 5.58. The highest BCUT2D eigenvalue weighted by molar-refractivity contribution is 7.13. The molecule has 0 radical (unpaired) electrons. The number of carbonyl (C=O) groups excluding carboxylic acids is 1. The van der Waals surface area contributed by atoms with Crippen molar-refractivity contribution in [3.63, 3.8) is 0 Å². The molecule has 0 fully saturated rings. The second-order valence-electron chi connectivity index (χ2n) is 6.17. The Bertz CT molecular complexity index is 862. The number of amides is 1. The summed E-state index contributed by atoms with van der Waals surface area (Å²) >= 11 is 1.55. The fourth-order valence-electron chi connectivity index (χ4n) is 2.37. The zero-order chi connectivity index (χ0) is 18.4. The zero-order valence-corrected chi connectivity index (χ0v) is 15.6. The van der Waals surface area contributed by atoms with Gasteiger partial charge < -0.3 is 10.1 Å². The maximum Gasteiger partial charge on any atom is 0.258 e. The van der Waals surface area contributed by atoms with Crippen LogP contribution in [-0.2, 0) is 11.3 Å². The van der Waals surface area contributed by atoms with Gasteiger partial charge in [-0.25, -0.2) is 4.98 Å². The molecule has 3 aromatic rings. The van der Waals surface area contributed by atoms with Crippen LogP contribution in [0, 0.1) is 0 Å². The van der Waals surface area contributed by atoms with Crippen LogP contribution in [0.3, 0.4) is 0 Å². The van der Waals surface area contributed by atoms with E-state index in [-0.39, 0.29) is 12.5 Å². The quantitative estimate of drug-likeness (QED) is 0.685. The smallest absolute Gasteiger partial charge is 0.258 e. The summed E-state index contributed by atoms with van der Waals surface area (Å²) in [5.74, 6) is 0.963. The maximum atomic E-state index is 12.0. The van der Waals surface area contributed by atoms with E-state index in [1.165, 1.54) is 5.56 Å². The first-order chi connectivity index (χ1) is 12.6. The molecule has 0 atom stereocenters. The number of carbonyl (C=O) groups is 1. The Labute approximate surface area is 157 Å². The molecule has 2 aromatic heterocycles. The van der Waals surface area contributed by atoms with E-state index in [4.69, 9.17) is 4.74 Å². The van der Waals surface area contributed by atoms with Crippen molar-refractivity contribution < 1.29 is 9.53 Å². The third kappa shape index (κ3) is 4.89. The van der Waals surface area contributed by atoms with Gasteiger partial charge in [-0.15, -0.1) is 11.3 Å². The highest BCUT2D eigenvalue weighted by atomic mass is 32.1. The minimum absolute atomic E-state index is 0.0110. The van der Waals surface area contributed by atoms with Gasteiger partial charge in [-0.3, -0.25) is 9.78 Å². The number of ether oxygens (including phenoxy) is 1. The molecule has 1 N–H and O–H groups in total. The Hall–Kier alpha value is -2.73. The van der Waals surface area contributed by atoms with Gasteiger partial charge in [0.2, 0.25) is 0 Å². The molecule has 3 rings (SSSR count). The van der Waals surface area contributed by atoms with Gasteiger partial charge in [-0.1, -0.05) is 26.0 Å². The standard InChI is InChI=1S/C20H21N3O2S/c1-14(2)16-4-3-5-18(10-16)25-12-19(24)22-11-17-13-26-20(23-17)15-6-8-21-9-7-15/h3-10,13-14H,11-12H2,1-2H3,(H,22,24). The molecule has 0 aliphatic carbocycles. The lowest BCUT2D eigenvalue weighted by atomic mass is 10.0. The lowest BCUT2D eigenvalue weighted by Gasteiger charge is -2.10. The van der Waals surface area contributed by atoms with Crippen LogP contribution < -0.4 is 10.1 Å². The minimum Gasteiger partial charge on any atom is -0.484 e. The van der Waals surface area contributed by atoms with Crippen LogP contribution in [0.5, 0.6) is 5.75 Å². The molecular weight excluding hydrogens is 346 g/mol. The Morgan fingerprint density at radius 3 is 2.81 bits per heavy atom. The van der Waals surface area contributed by atoms with Crippen molar-refractivity contribution in [2.45, 2.75) is 26.3 Å². The SMILES string of the molecule is CC(C)c1cccc(OCC(=O)NCc2csc(-c3ccncc3)n2)c1. The van der Waals surface area contributed by atoms with Crippen LogP contribution in [0.4, 0.5) is 0 Å². The number of hydrogen-bond donors (Lipinski definition) is 1. The van der Waals surface area contributed by atoms with Crippen molar-refractivity contribution in [2.75, 3.05) is 6.61 Å². The van der Waals surface area contributed by atoms with E-state index < -0.39 is 0 Å². The molecule has 0 saturated carbocycles. The molecule has 0 aliphatic heterocycles. The third-order valence-corrected chi connectivity index (χ3v) is 4.78. The van der Waals surface area contributed by atoms with Gasteiger partial charge in [0.25, 0.3) is 5.91 Å². The van der Waals surface area contributed by atoms with Gasteiger partial charge in [0.1, 0.15) is 10.8 Å². The third-order valence-electron chi connectivity index (χ3n) is 3.84. The van der Waals surface area contributed by atoms with E-state index in [1.54, 1.807) is 23.7 Å². The molecule has 26 heavy (non-hydrogen) atoms. The highest BCUT2D eigenvalue weighted by Crippen LogP contribution is 2.23. The molecule has 0 bridgehead atoms. The normalized spacial score (nSPS) is 10.7. The molecule has 6 heteroatoms. The first-order valence-electron chi connectivity index (χ1n) is 8.46. The molecule has 0 unspecified atom stereocenters. The molecule has 2 heterocycles. The minimum atomic E-state index is -0.168. The average Bonchev–Trinajstić information content (AvgIpc) is 3.15. The summed E-state index contributed by atoms with van der Waals surface area (Å²) in [7, 11) is 0. The second kappa shape index (κ2) is 8.58. The van der Waals surface area contributed by atoms with Gasteiger partial charge in [-0.05, 0) is 35.7 Å². The monoisotopic (exact) mass is 367 g/mol. The number of pyridine rings is 1. The van der Waals surface area contributed by atoms with Crippen molar-refractivity contribution in [2.24, 2.45) is 0 Å². The summed E-state index contributed by atoms with van der Waals surface area (Å²) in [5.41, 5.74) is 3.04. The Morgan fingerprint density at radius 2 is 2.04 bits per heavy atom. The van der Waals surface area contributed by atoms with Crippen LogP contribution in [-0.4, -0.2) is 22.5 Å². The van der Waals surface area contributed by atoms with Crippen LogP contribution in [0.2, 0.25) is 0 Å². The molecule has 1 amide bonds. The predicted octanol–water partition coefficient (Wildman–Crippen LogP) is 4.02. The van der Waals surface area contributed by atoms with Gasteiger partial charge in [0.05, 0.1) is 12.2 Å². The van der Waals surface area contributed by atoms with E-state index in [9.17, 15) is 4.79 Å². The lowest BCUT2D eigenvalue weighted by Crippen LogP contribution is -2.28. The van der Waals surface area contributed by atoms with Crippen molar-refractivity contribution in [1.29, 1.82) is 0 Å². The number of nitrogens with one attached hydrogen (secondary N) is 1. The van der Waals surface area contributed by atoms with E-state index in [2.05, 4.69) is 35.2 Å². The number of hydrogen-bond acceptors (Lipinski definition) is 5. The summed E-state index contributed by atoms with van der Waals surface area (Å²) in [5, 5.41) is 5.70. The van der Waals surface area contributed by atoms with E-state index >= 15 is 0 Å². The topological polar surface area (TPSA) is 64.1 Å². The second-order valence-corrected chi connectivity index (χ2v) is 7.03. The first-order valence-corrected chi connectivity index (χ1v) is 9.34. The van der Waals surface area contributed by atoms with Crippen molar-refractivity contribution in [3.8, 4) is 16.3 Å². The van der Waals surface area contributed by atoms with Gasteiger partial charge in [0, 0.05) is 23.3 Å². The Kier molecular flexibility index (Phi) is 5.96. The summed E-state index contributed by atoms with van der Waals surface area (Å²) in [4.78, 5) is 20.6. The van der Waals surface area contributed by atoms with Crippen LogP contribution in [0.15, 0.2) is 54.2 Å². The van der Waals surface area contributed by atoms with E-state index in [1.807, 2.05) is 35.7 Å². The zero-order valence-electron chi connectivity index (χ0n) is 14.8. The fraction of sp³-hybridized carbons (Fsp3) is 0.250. The number of rotatable bonds is 7. The fourth-order valence-corrected chi connectivity index (χ4v) is 3.19. The molecular formula is C20H21N3O2S. The van der Waals surface area contributed by atoms with Crippen molar-refractivity contribution >= 4 is 17.2 Å². The highest BCUT2D eigenvalue weighted by Gasteiger charge is 2.08. The van der Waals surface area contributed by atoms with E-state index in [0.717, 1.165) is 16.3 Å². The van der Waals surface area contributed by atoms with Crippen LogP contribution >= 0.6 is 11.3 Å². The molecule has 5 nitrogen and oxygen atoms in total. The summed E-state index contributed by atoms with van der Waals surface area (Å²) in [6, 6.07) is 11.7. The lowest BCUT2D eigenvalue weighted by molar-refractivity contribution is -0.123. The van der Waals surface area contributed by atoms with Gasteiger partial charge in [0.15, 0.2) is 6.61 Å². The summed E-state index contributed by atoms with van der Waals surface area (Å²) in [6.07, 6.45) is 3.48. The predicted molar refractivity (Wildman–Crippen MR) is 103 cm³/mol. The Morgan fingerprint density at radius 1 is 1.23 bits per heavy atom. The van der Waals surface area contributed by atoms with Crippen molar-refractivity contribution in [3.05, 3.63) is 65.4 Å². The largest absolute Gasteiger partial charge is 0.484 e. The number of nitrogens with zero attached hydrogens (tertiary/aromatic N) is 2. The molecule has 1 aromatic carbocycles. The number of aromatic nitrogens is 2. The van der Waals surface area contributed by atoms with E-state index in [0.29, 0.717) is 18.2 Å². The molecule has 0 aliphatic rings. The molecule has 134 valence electrons. The molecule has 0 saturated heterocycles. The Balaban J connectivity index is 1.49. The first kappa shape index (κ1) is 18.1. The number of benzene rings is 1. The molecule has 0 spiro atoms.